The monoisotopic (exact) mass is 422 g/mol. The van der Waals surface area contributed by atoms with Crippen LogP contribution in [0.5, 0.6) is 0 Å². The number of hydrogen-bond acceptors (Lipinski definition) is 5. The van der Waals surface area contributed by atoms with E-state index in [1.807, 2.05) is 60.6 Å². The van der Waals surface area contributed by atoms with Crippen molar-refractivity contribution in [1.29, 1.82) is 0 Å². The number of carbonyl (C=O) groups is 1. The Hall–Kier alpha value is -2.28. The van der Waals surface area contributed by atoms with Crippen LogP contribution in [-0.4, -0.2) is 72.2 Å². The maximum absolute atomic E-state index is 12.6. The van der Waals surface area contributed by atoms with Gasteiger partial charge >= 0.3 is 0 Å². The van der Waals surface area contributed by atoms with Crippen molar-refractivity contribution < 1.29 is 9.53 Å². The van der Waals surface area contributed by atoms with Gasteiger partial charge in [-0.15, -0.1) is 0 Å². The van der Waals surface area contributed by atoms with Gasteiger partial charge in [0, 0.05) is 69.9 Å². The Morgan fingerprint density at radius 2 is 1.94 bits per heavy atom. The highest BCUT2D eigenvalue weighted by Crippen LogP contribution is 2.24. The van der Waals surface area contributed by atoms with E-state index in [0.717, 1.165) is 57.9 Å². The number of piperazine rings is 1. The average Bonchev–Trinajstić information content (AvgIpc) is 2.84. The van der Waals surface area contributed by atoms with Crippen LogP contribution in [-0.2, 0) is 16.1 Å². The van der Waals surface area contributed by atoms with Crippen LogP contribution in [0.3, 0.4) is 0 Å². The number of benzene rings is 1. The highest BCUT2D eigenvalue weighted by molar-refractivity contribution is 5.93. The molecule has 6 nitrogen and oxygen atoms in total. The van der Waals surface area contributed by atoms with Crippen LogP contribution < -0.4 is 4.90 Å². The fourth-order valence-electron chi connectivity index (χ4n) is 4.71. The minimum atomic E-state index is 0.0860. The number of amides is 1. The summed E-state index contributed by atoms with van der Waals surface area (Å²) in [5.41, 5.74) is 2.24. The second-order valence-electron chi connectivity index (χ2n) is 8.54. The minimum absolute atomic E-state index is 0.0860. The third-order valence-electron chi connectivity index (χ3n) is 6.45. The molecule has 0 bridgehead atoms. The first-order valence-corrected chi connectivity index (χ1v) is 11.5. The highest BCUT2D eigenvalue weighted by atomic mass is 16.5. The summed E-state index contributed by atoms with van der Waals surface area (Å²) in [6.07, 6.45) is 6.45. The summed E-state index contributed by atoms with van der Waals surface area (Å²) in [6.45, 7) is 8.66. The van der Waals surface area contributed by atoms with Crippen molar-refractivity contribution in [2.75, 3.05) is 44.2 Å². The van der Waals surface area contributed by atoms with Gasteiger partial charge in [-0.05, 0) is 36.6 Å². The molecule has 1 amide bonds. The van der Waals surface area contributed by atoms with Crippen LogP contribution in [0.4, 0.5) is 5.69 Å². The summed E-state index contributed by atoms with van der Waals surface area (Å²) in [5.74, 6) is 0.154. The number of carbonyl (C=O) groups excluding carboxylic acids is 1. The summed E-state index contributed by atoms with van der Waals surface area (Å²) in [7, 11) is 0. The van der Waals surface area contributed by atoms with Gasteiger partial charge in [-0.25, -0.2) is 0 Å². The quantitative estimate of drug-likeness (QED) is 0.686. The number of pyridine rings is 1. The Morgan fingerprint density at radius 3 is 2.65 bits per heavy atom. The summed E-state index contributed by atoms with van der Waals surface area (Å²) in [5, 5.41) is 0. The van der Waals surface area contributed by atoms with E-state index in [-0.39, 0.29) is 12.0 Å². The zero-order valence-corrected chi connectivity index (χ0v) is 18.5. The molecule has 0 radical (unpaired) electrons. The maximum atomic E-state index is 12.6. The fraction of sp³-hybridized carbons (Fsp3) is 0.520. The zero-order chi connectivity index (χ0) is 21.5. The molecule has 166 valence electrons. The molecule has 0 saturated carbocycles. The Balaban J connectivity index is 1.31. The first-order valence-electron chi connectivity index (χ1n) is 11.5. The normalized spacial score (nSPS) is 22.9. The van der Waals surface area contributed by atoms with E-state index in [0.29, 0.717) is 19.0 Å². The van der Waals surface area contributed by atoms with Gasteiger partial charge in [-0.1, -0.05) is 31.2 Å². The van der Waals surface area contributed by atoms with Crippen molar-refractivity contribution in [3.8, 4) is 0 Å². The lowest BCUT2D eigenvalue weighted by Crippen LogP contribution is -2.53. The van der Waals surface area contributed by atoms with E-state index in [2.05, 4.69) is 20.9 Å². The molecule has 1 aromatic carbocycles. The molecule has 2 fully saturated rings. The van der Waals surface area contributed by atoms with E-state index in [4.69, 9.17) is 4.74 Å². The van der Waals surface area contributed by atoms with Gasteiger partial charge in [0.2, 0.25) is 5.91 Å². The van der Waals surface area contributed by atoms with Crippen LogP contribution in [0.25, 0.3) is 0 Å². The number of ether oxygens (including phenoxy) is 1. The molecule has 0 aliphatic carbocycles. The van der Waals surface area contributed by atoms with Gasteiger partial charge in [-0.3, -0.25) is 19.6 Å². The Labute approximate surface area is 185 Å². The Kier molecular flexibility index (Phi) is 7.67. The van der Waals surface area contributed by atoms with Gasteiger partial charge in [0.05, 0.1) is 12.6 Å². The molecule has 1 aromatic heterocycles. The predicted octanol–water partition coefficient (Wildman–Crippen LogP) is 3.19. The summed E-state index contributed by atoms with van der Waals surface area (Å²) < 4.78 is 6.11. The summed E-state index contributed by atoms with van der Waals surface area (Å²) in [4.78, 5) is 23.9. The van der Waals surface area contributed by atoms with Gasteiger partial charge in [0.25, 0.3) is 0 Å². The molecular weight excluding hydrogens is 388 g/mol. The van der Waals surface area contributed by atoms with E-state index < -0.39 is 0 Å². The standard InChI is InChI=1S/C25H34N4O2/c1-2-25(30)29(22-8-4-3-5-9-22)20-24-17-23(10-16-31-24)28-14-12-27(13-15-28)19-21-7-6-11-26-18-21/h3-9,11,18,23-24H,2,10,12-17,19-20H2,1H3. The smallest absolute Gasteiger partial charge is 0.226 e. The van der Waals surface area contributed by atoms with E-state index in [9.17, 15) is 4.79 Å². The second kappa shape index (κ2) is 10.8. The van der Waals surface area contributed by atoms with Crippen LogP contribution in [0, 0.1) is 0 Å². The van der Waals surface area contributed by atoms with Crippen molar-refractivity contribution in [3.05, 3.63) is 60.4 Å². The summed E-state index contributed by atoms with van der Waals surface area (Å²) >= 11 is 0. The highest BCUT2D eigenvalue weighted by Gasteiger charge is 2.31. The molecule has 2 aliphatic heterocycles. The molecule has 31 heavy (non-hydrogen) atoms. The third kappa shape index (κ3) is 5.91. The zero-order valence-electron chi connectivity index (χ0n) is 18.5. The first-order chi connectivity index (χ1) is 15.2. The molecule has 2 saturated heterocycles. The number of aromatic nitrogens is 1. The van der Waals surface area contributed by atoms with Crippen molar-refractivity contribution >= 4 is 11.6 Å². The fourth-order valence-corrected chi connectivity index (χ4v) is 4.71. The van der Waals surface area contributed by atoms with Gasteiger partial charge in [0.15, 0.2) is 0 Å². The number of nitrogens with zero attached hydrogens (tertiary/aromatic N) is 4. The molecule has 2 aromatic rings. The number of anilines is 1. The minimum Gasteiger partial charge on any atom is -0.376 e. The molecular formula is C25H34N4O2. The molecule has 2 aliphatic rings. The van der Waals surface area contributed by atoms with Gasteiger partial charge in [-0.2, -0.15) is 0 Å². The molecule has 4 rings (SSSR count). The van der Waals surface area contributed by atoms with Crippen molar-refractivity contribution in [2.24, 2.45) is 0 Å². The molecule has 3 heterocycles. The number of hydrogen-bond donors (Lipinski definition) is 0. The molecule has 2 atom stereocenters. The SMILES string of the molecule is CCC(=O)N(CC1CC(N2CCN(Cc3cccnc3)CC2)CCO1)c1ccccc1. The van der Waals surface area contributed by atoms with Crippen LogP contribution in [0.15, 0.2) is 54.9 Å². The van der Waals surface area contributed by atoms with Crippen LogP contribution >= 0.6 is 0 Å². The molecule has 2 unspecified atom stereocenters. The van der Waals surface area contributed by atoms with E-state index in [1.165, 1.54) is 5.56 Å². The number of rotatable bonds is 7. The lowest BCUT2D eigenvalue weighted by atomic mass is 10.00. The van der Waals surface area contributed by atoms with Crippen molar-refractivity contribution in [3.63, 3.8) is 0 Å². The molecule has 0 spiro atoms. The Morgan fingerprint density at radius 1 is 1.13 bits per heavy atom. The van der Waals surface area contributed by atoms with Gasteiger partial charge < -0.3 is 9.64 Å². The van der Waals surface area contributed by atoms with E-state index in [1.54, 1.807) is 0 Å². The van der Waals surface area contributed by atoms with Crippen LogP contribution in [0.2, 0.25) is 0 Å². The number of para-hydroxylation sites is 1. The molecule has 6 heteroatoms. The van der Waals surface area contributed by atoms with E-state index >= 15 is 0 Å². The van der Waals surface area contributed by atoms with Crippen molar-refractivity contribution in [1.82, 2.24) is 14.8 Å². The lowest BCUT2D eigenvalue weighted by Gasteiger charge is -2.43. The Bertz CT molecular complexity index is 809. The second-order valence-corrected chi connectivity index (χ2v) is 8.54. The summed E-state index contributed by atoms with van der Waals surface area (Å²) in [6, 6.07) is 14.7. The largest absolute Gasteiger partial charge is 0.376 e. The van der Waals surface area contributed by atoms with Gasteiger partial charge in [0.1, 0.15) is 0 Å². The maximum Gasteiger partial charge on any atom is 0.226 e. The van der Waals surface area contributed by atoms with Crippen molar-refractivity contribution in [2.45, 2.75) is 44.9 Å². The van der Waals surface area contributed by atoms with Crippen LogP contribution in [0.1, 0.15) is 31.7 Å². The average molecular weight is 423 g/mol. The predicted molar refractivity (Wildman–Crippen MR) is 123 cm³/mol. The molecule has 0 N–H and O–H groups in total. The third-order valence-corrected chi connectivity index (χ3v) is 6.45. The topological polar surface area (TPSA) is 48.9 Å². The first kappa shape index (κ1) is 21.9. The lowest BCUT2D eigenvalue weighted by molar-refractivity contribution is -0.119.